The fraction of sp³-hybridized carbons (Fsp3) is 0.263. The van der Waals surface area contributed by atoms with Crippen LogP contribution in [0, 0.1) is 11.3 Å². The van der Waals surface area contributed by atoms with Crippen molar-refractivity contribution in [3.63, 3.8) is 0 Å². The van der Waals surface area contributed by atoms with Crippen LogP contribution in [0.3, 0.4) is 0 Å². The fourth-order valence-electron chi connectivity index (χ4n) is 2.86. The number of benzene rings is 2. The lowest BCUT2D eigenvalue weighted by atomic mass is 10.1. The molecule has 134 valence electrons. The molecule has 7 heteroatoms. The largest absolute Gasteiger partial charge is 0.507 e. The Balaban J connectivity index is 1.88. The van der Waals surface area contributed by atoms with E-state index in [2.05, 4.69) is 37.9 Å². The zero-order valence-electron chi connectivity index (χ0n) is 13.8. The molecule has 0 aliphatic carbocycles. The maximum absolute atomic E-state index is 12.7. The van der Waals surface area contributed by atoms with Crippen LogP contribution in [0.15, 0.2) is 39.3 Å². The van der Waals surface area contributed by atoms with Crippen LogP contribution in [0.1, 0.15) is 35.2 Å². The Labute approximate surface area is 168 Å². The number of carbonyl (C=O) groups excluding carboxylic acids is 1. The van der Waals surface area contributed by atoms with Gasteiger partial charge in [0.15, 0.2) is 5.75 Å². The number of hydrogen-bond acceptors (Lipinski definition) is 4. The van der Waals surface area contributed by atoms with E-state index in [0.29, 0.717) is 39.1 Å². The molecule has 0 unspecified atom stereocenters. The number of ether oxygens (including phenoxy) is 1. The van der Waals surface area contributed by atoms with Crippen molar-refractivity contribution in [3.05, 3.63) is 50.4 Å². The first-order valence-corrected chi connectivity index (χ1v) is 9.77. The van der Waals surface area contributed by atoms with Crippen molar-refractivity contribution in [2.24, 2.45) is 0 Å². The average molecular weight is 480 g/mol. The van der Waals surface area contributed by atoms with Gasteiger partial charge in [-0.15, -0.1) is 0 Å². The molecule has 1 amide bonds. The van der Waals surface area contributed by atoms with Gasteiger partial charge in [0.2, 0.25) is 0 Å². The van der Waals surface area contributed by atoms with E-state index in [1.165, 1.54) is 6.07 Å². The summed E-state index contributed by atoms with van der Waals surface area (Å²) >= 11 is 6.78. The lowest BCUT2D eigenvalue weighted by molar-refractivity contribution is 0.0721. The maximum atomic E-state index is 12.7. The van der Waals surface area contributed by atoms with E-state index < -0.39 is 0 Å². The molecule has 0 spiro atoms. The average Bonchev–Trinajstić information content (AvgIpc) is 2.65. The van der Waals surface area contributed by atoms with Gasteiger partial charge in [-0.1, -0.05) is 0 Å². The van der Waals surface area contributed by atoms with Crippen LogP contribution in [-0.4, -0.2) is 29.0 Å². The molecule has 1 heterocycles. The van der Waals surface area contributed by atoms with Crippen molar-refractivity contribution >= 4 is 37.8 Å². The molecule has 1 fully saturated rings. The number of rotatable bonds is 3. The Hall–Kier alpha value is -2.04. The van der Waals surface area contributed by atoms with E-state index in [9.17, 15) is 9.90 Å². The number of phenols is 1. The fourth-order valence-corrected chi connectivity index (χ4v) is 4.21. The first kappa shape index (κ1) is 18.7. The van der Waals surface area contributed by atoms with Gasteiger partial charge in [0.05, 0.1) is 26.1 Å². The standard InChI is InChI=1S/C19H16Br2N2O3/c20-15-8-12(11-22)9-16(21)18(15)26-13-4-5-17(24)14(10-13)19(25)23-6-2-1-3-7-23/h4-5,8-10,24H,1-3,6-7H2. The highest BCUT2D eigenvalue weighted by Crippen LogP contribution is 2.38. The third kappa shape index (κ3) is 4.02. The number of amides is 1. The highest BCUT2D eigenvalue weighted by Gasteiger charge is 2.22. The van der Waals surface area contributed by atoms with Crippen molar-refractivity contribution in [3.8, 4) is 23.3 Å². The van der Waals surface area contributed by atoms with E-state index in [0.717, 1.165) is 19.3 Å². The van der Waals surface area contributed by atoms with Gasteiger partial charge >= 0.3 is 0 Å². The third-order valence-electron chi connectivity index (χ3n) is 4.19. The number of nitrogens with zero attached hydrogens (tertiary/aromatic N) is 2. The van der Waals surface area contributed by atoms with Crippen LogP contribution in [0.5, 0.6) is 17.2 Å². The van der Waals surface area contributed by atoms with Gasteiger partial charge in [0.25, 0.3) is 5.91 Å². The zero-order chi connectivity index (χ0) is 18.7. The Morgan fingerprint density at radius 2 is 1.77 bits per heavy atom. The molecule has 0 radical (unpaired) electrons. The normalized spacial score (nSPS) is 14.0. The lowest BCUT2D eigenvalue weighted by Gasteiger charge is -2.27. The molecule has 1 saturated heterocycles. The van der Waals surface area contributed by atoms with Gasteiger partial charge in [0, 0.05) is 13.1 Å². The Morgan fingerprint density at radius 3 is 2.38 bits per heavy atom. The monoisotopic (exact) mass is 478 g/mol. The van der Waals surface area contributed by atoms with E-state index in [-0.39, 0.29) is 17.2 Å². The number of piperidine rings is 1. The van der Waals surface area contributed by atoms with Crippen molar-refractivity contribution in [2.45, 2.75) is 19.3 Å². The summed E-state index contributed by atoms with van der Waals surface area (Å²) in [6.45, 7) is 1.41. The van der Waals surface area contributed by atoms with E-state index >= 15 is 0 Å². The van der Waals surface area contributed by atoms with Crippen molar-refractivity contribution in [2.75, 3.05) is 13.1 Å². The molecule has 0 atom stereocenters. The molecule has 0 saturated carbocycles. The minimum absolute atomic E-state index is 0.0640. The summed E-state index contributed by atoms with van der Waals surface area (Å²) in [5.74, 6) is 0.664. The van der Waals surface area contributed by atoms with Crippen LogP contribution >= 0.6 is 31.9 Å². The topological polar surface area (TPSA) is 73.6 Å². The second kappa shape index (κ2) is 8.11. The Morgan fingerprint density at radius 1 is 1.12 bits per heavy atom. The Bertz CT molecular complexity index is 864. The predicted molar refractivity (Wildman–Crippen MR) is 104 cm³/mol. The van der Waals surface area contributed by atoms with Crippen LogP contribution in [0.25, 0.3) is 0 Å². The zero-order valence-corrected chi connectivity index (χ0v) is 17.0. The summed E-state index contributed by atoms with van der Waals surface area (Å²) in [4.78, 5) is 14.5. The SMILES string of the molecule is N#Cc1cc(Br)c(Oc2ccc(O)c(C(=O)N3CCCCC3)c2)c(Br)c1. The first-order valence-electron chi connectivity index (χ1n) is 8.19. The summed E-state index contributed by atoms with van der Waals surface area (Å²) in [5, 5.41) is 19.1. The van der Waals surface area contributed by atoms with Crippen LogP contribution in [0.2, 0.25) is 0 Å². The molecule has 1 aliphatic rings. The molecule has 2 aromatic rings. The lowest BCUT2D eigenvalue weighted by Crippen LogP contribution is -2.35. The minimum atomic E-state index is -0.189. The summed E-state index contributed by atoms with van der Waals surface area (Å²) in [7, 11) is 0. The second-order valence-corrected chi connectivity index (χ2v) is 7.72. The number of carbonyl (C=O) groups is 1. The van der Waals surface area contributed by atoms with Crippen molar-refractivity contribution in [1.29, 1.82) is 5.26 Å². The molecule has 1 aliphatic heterocycles. The first-order chi connectivity index (χ1) is 12.5. The molecule has 1 N–H and O–H groups in total. The second-order valence-electron chi connectivity index (χ2n) is 6.01. The van der Waals surface area contributed by atoms with Gasteiger partial charge in [-0.05, 0) is 81.5 Å². The number of nitriles is 1. The quantitative estimate of drug-likeness (QED) is 0.655. The van der Waals surface area contributed by atoms with Crippen LogP contribution < -0.4 is 4.74 Å². The third-order valence-corrected chi connectivity index (χ3v) is 5.37. The molecular formula is C19H16Br2N2O3. The predicted octanol–water partition coefficient (Wildman–Crippen LogP) is 5.21. The van der Waals surface area contributed by atoms with Gasteiger partial charge in [-0.3, -0.25) is 4.79 Å². The number of aromatic hydroxyl groups is 1. The molecule has 0 aromatic heterocycles. The summed E-state index contributed by atoms with van der Waals surface area (Å²) in [6, 6.07) is 9.97. The summed E-state index contributed by atoms with van der Waals surface area (Å²) < 4.78 is 7.11. The highest BCUT2D eigenvalue weighted by molar-refractivity contribution is 9.11. The Kier molecular flexibility index (Phi) is 5.84. The van der Waals surface area contributed by atoms with E-state index in [1.54, 1.807) is 29.2 Å². The van der Waals surface area contributed by atoms with Crippen LogP contribution in [-0.2, 0) is 0 Å². The molecule has 0 bridgehead atoms. The smallest absolute Gasteiger partial charge is 0.257 e. The summed E-state index contributed by atoms with van der Waals surface area (Å²) in [6.07, 6.45) is 3.08. The number of hydrogen-bond donors (Lipinski definition) is 1. The van der Waals surface area contributed by atoms with Gasteiger partial charge in [-0.25, -0.2) is 0 Å². The van der Waals surface area contributed by atoms with Crippen molar-refractivity contribution in [1.82, 2.24) is 4.90 Å². The molecule has 26 heavy (non-hydrogen) atoms. The van der Waals surface area contributed by atoms with Crippen molar-refractivity contribution < 1.29 is 14.6 Å². The van der Waals surface area contributed by atoms with Gasteiger partial charge in [-0.2, -0.15) is 5.26 Å². The minimum Gasteiger partial charge on any atom is -0.507 e. The number of halogens is 2. The van der Waals surface area contributed by atoms with Gasteiger partial charge < -0.3 is 14.7 Å². The number of phenolic OH excluding ortho intramolecular Hbond substituents is 1. The molecule has 3 rings (SSSR count). The van der Waals surface area contributed by atoms with Crippen LogP contribution in [0.4, 0.5) is 0 Å². The van der Waals surface area contributed by atoms with E-state index in [1.807, 2.05) is 0 Å². The van der Waals surface area contributed by atoms with Gasteiger partial charge in [0.1, 0.15) is 11.5 Å². The summed E-state index contributed by atoms with van der Waals surface area (Å²) in [5.41, 5.74) is 0.716. The molecule has 5 nitrogen and oxygen atoms in total. The van der Waals surface area contributed by atoms with E-state index in [4.69, 9.17) is 10.00 Å². The highest BCUT2D eigenvalue weighted by atomic mass is 79.9. The number of likely N-dealkylation sites (tertiary alicyclic amines) is 1. The molecular weight excluding hydrogens is 464 g/mol. The maximum Gasteiger partial charge on any atom is 0.257 e. The molecule has 2 aromatic carbocycles.